The highest BCUT2D eigenvalue weighted by atomic mass is 16.1. The van der Waals surface area contributed by atoms with E-state index in [0.717, 1.165) is 37.3 Å². The number of nitrogens with zero attached hydrogens (tertiary/aromatic N) is 2. The number of carbonyl (C=O) groups is 1. The average molecular weight is 354 g/mol. The Morgan fingerprint density at radius 2 is 1.88 bits per heavy atom. The van der Waals surface area contributed by atoms with Crippen molar-refractivity contribution < 1.29 is 4.79 Å². The zero-order valence-electron chi connectivity index (χ0n) is 16.3. The van der Waals surface area contributed by atoms with Gasteiger partial charge in [0.15, 0.2) is 0 Å². The molecule has 5 heteroatoms. The lowest BCUT2D eigenvalue weighted by Gasteiger charge is -2.22. The van der Waals surface area contributed by atoms with Crippen LogP contribution in [0.3, 0.4) is 0 Å². The largest absolute Gasteiger partial charge is 0.372 e. The van der Waals surface area contributed by atoms with Crippen molar-refractivity contribution in [3.63, 3.8) is 0 Å². The molecule has 0 unspecified atom stereocenters. The molecule has 0 aliphatic rings. The normalized spacial score (nSPS) is 10.5. The fourth-order valence-corrected chi connectivity index (χ4v) is 2.80. The summed E-state index contributed by atoms with van der Waals surface area (Å²) in [6.07, 6.45) is 3.74. The van der Waals surface area contributed by atoms with Crippen LogP contribution in [0.15, 0.2) is 36.5 Å². The molecule has 0 atom stereocenters. The summed E-state index contributed by atoms with van der Waals surface area (Å²) >= 11 is 0. The number of unbranched alkanes of at least 4 members (excludes halogenated alkanes) is 1. The lowest BCUT2D eigenvalue weighted by Crippen LogP contribution is -2.25. The minimum Gasteiger partial charge on any atom is -0.372 e. The third-order valence-corrected chi connectivity index (χ3v) is 4.43. The van der Waals surface area contributed by atoms with Crippen molar-refractivity contribution in [2.24, 2.45) is 0 Å². The predicted octanol–water partition coefficient (Wildman–Crippen LogP) is 4.51. The maximum Gasteiger partial charge on any atom is 0.269 e. The van der Waals surface area contributed by atoms with Gasteiger partial charge in [0.1, 0.15) is 5.69 Å². The minimum absolute atomic E-state index is 0.121. The van der Waals surface area contributed by atoms with Crippen molar-refractivity contribution in [3.05, 3.63) is 47.8 Å². The zero-order chi connectivity index (χ0) is 18.9. The van der Waals surface area contributed by atoms with E-state index in [1.54, 1.807) is 12.3 Å². The third-order valence-electron chi connectivity index (χ3n) is 4.43. The summed E-state index contributed by atoms with van der Waals surface area (Å²) < 4.78 is 0. The summed E-state index contributed by atoms with van der Waals surface area (Å²) in [6, 6.07) is 10.1. The van der Waals surface area contributed by atoms with Gasteiger partial charge < -0.3 is 15.5 Å². The second-order valence-corrected chi connectivity index (χ2v) is 6.34. The van der Waals surface area contributed by atoms with E-state index in [-0.39, 0.29) is 5.91 Å². The average Bonchev–Trinajstić information content (AvgIpc) is 2.65. The van der Waals surface area contributed by atoms with Crippen LogP contribution >= 0.6 is 0 Å². The Morgan fingerprint density at radius 1 is 1.12 bits per heavy atom. The number of hydrogen-bond donors (Lipinski definition) is 2. The van der Waals surface area contributed by atoms with Crippen molar-refractivity contribution in [1.29, 1.82) is 0 Å². The van der Waals surface area contributed by atoms with Crippen LogP contribution in [0.2, 0.25) is 0 Å². The van der Waals surface area contributed by atoms with E-state index >= 15 is 0 Å². The number of benzene rings is 1. The lowest BCUT2D eigenvalue weighted by atomic mass is 10.1. The van der Waals surface area contributed by atoms with Crippen molar-refractivity contribution in [3.8, 4) is 0 Å². The van der Waals surface area contributed by atoms with Crippen molar-refractivity contribution in [1.82, 2.24) is 10.3 Å². The van der Waals surface area contributed by atoms with Gasteiger partial charge in [-0.15, -0.1) is 0 Å². The van der Waals surface area contributed by atoms with Gasteiger partial charge in [0, 0.05) is 31.0 Å². The number of nitrogens with one attached hydrogen (secondary N) is 2. The van der Waals surface area contributed by atoms with Gasteiger partial charge in [-0.25, -0.2) is 4.98 Å². The Bertz CT molecular complexity index is 708. The summed E-state index contributed by atoms with van der Waals surface area (Å²) in [5.74, 6) is -0.121. The number of anilines is 3. The fourth-order valence-electron chi connectivity index (χ4n) is 2.80. The van der Waals surface area contributed by atoms with E-state index in [4.69, 9.17) is 0 Å². The number of rotatable bonds is 9. The maximum absolute atomic E-state index is 12.0. The Balaban J connectivity index is 2.03. The maximum atomic E-state index is 12.0. The van der Waals surface area contributed by atoms with E-state index < -0.39 is 0 Å². The quantitative estimate of drug-likeness (QED) is 0.651. The van der Waals surface area contributed by atoms with Crippen LogP contribution in [0.4, 0.5) is 17.1 Å². The van der Waals surface area contributed by atoms with Crippen LogP contribution in [0.1, 0.15) is 49.7 Å². The molecule has 0 fully saturated rings. The molecule has 5 nitrogen and oxygen atoms in total. The molecular weight excluding hydrogens is 324 g/mol. The number of aromatic nitrogens is 1. The third kappa shape index (κ3) is 5.22. The minimum atomic E-state index is -0.121. The first-order valence-electron chi connectivity index (χ1n) is 9.45. The van der Waals surface area contributed by atoms with Crippen LogP contribution in [0.25, 0.3) is 0 Å². The van der Waals surface area contributed by atoms with Crippen LogP contribution in [-0.2, 0) is 0 Å². The Hall–Kier alpha value is -2.56. The molecule has 0 saturated heterocycles. The first-order valence-corrected chi connectivity index (χ1v) is 9.45. The molecule has 0 spiro atoms. The monoisotopic (exact) mass is 354 g/mol. The van der Waals surface area contributed by atoms with Crippen LogP contribution < -0.4 is 15.5 Å². The van der Waals surface area contributed by atoms with Gasteiger partial charge in [-0.2, -0.15) is 0 Å². The van der Waals surface area contributed by atoms with Gasteiger partial charge in [0.05, 0.1) is 11.9 Å². The summed E-state index contributed by atoms with van der Waals surface area (Å²) in [4.78, 5) is 18.6. The van der Waals surface area contributed by atoms with Crippen molar-refractivity contribution in [2.45, 2.75) is 40.5 Å². The highest BCUT2D eigenvalue weighted by molar-refractivity contribution is 5.92. The molecule has 140 valence electrons. The summed E-state index contributed by atoms with van der Waals surface area (Å²) in [5.41, 5.74) is 4.77. The van der Waals surface area contributed by atoms with E-state index in [1.165, 1.54) is 11.3 Å². The molecular formula is C21H30N4O. The Labute approximate surface area is 156 Å². The van der Waals surface area contributed by atoms with Gasteiger partial charge in [-0.3, -0.25) is 4.79 Å². The number of amides is 1. The molecule has 2 aromatic rings. The molecule has 1 heterocycles. The van der Waals surface area contributed by atoms with Crippen LogP contribution in [0.5, 0.6) is 0 Å². The summed E-state index contributed by atoms with van der Waals surface area (Å²) in [5, 5.41) is 6.26. The molecule has 2 rings (SSSR count). The highest BCUT2D eigenvalue weighted by Gasteiger charge is 2.08. The molecule has 0 bridgehead atoms. The van der Waals surface area contributed by atoms with Gasteiger partial charge in [0.25, 0.3) is 5.91 Å². The highest BCUT2D eigenvalue weighted by Crippen LogP contribution is 2.25. The topological polar surface area (TPSA) is 57.3 Å². The molecule has 1 amide bonds. The summed E-state index contributed by atoms with van der Waals surface area (Å²) in [7, 11) is 0. The molecule has 1 aromatic carbocycles. The molecule has 0 aliphatic carbocycles. The van der Waals surface area contributed by atoms with Crippen molar-refractivity contribution >= 4 is 23.0 Å². The van der Waals surface area contributed by atoms with Crippen LogP contribution in [0, 0.1) is 6.92 Å². The summed E-state index contributed by atoms with van der Waals surface area (Å²) in [6.45, 7) is 11.2. The SMILES string of the molecule is CCCCNC(=O)c1ccc(Nc2ccc(N(CC)CC)cc2C)cn1. The van der Waals surface area contributed by atoms with Gasteiger partial charge >= 0.3 is 0 Å². The number of carbonyl (C=O) groups excluding carboxylic acids is 1. The lowest BCUT2D eigenvalue weighted by molar-refractivity contribution is 0.0948. The van der Waals surface area contributed by atoms with Gasteiger partial charge in [0.2, 0.25) is 0 Å². The number of aryl methyl sites for hydroxylation is 1. The molecule has 0 aliphatic heterocycles. The second kappa shape index (κ2) is 9.80. The van der Waals surface area contributed by atoms with E-state index in [9.17, 15) is 4.79 Å². The number of pyridine rings is 1. The van der Waals surface area contributed by atoms with E-state index in [2.05, 4.69) is 66.4 Å². The first-order chi connectivity index (χ1) is 12.6. The van der Waals surface area contributed by atoms with E-state index in [0.29, 0.717) is 12.2 Å². The van der Waals surface area contributed by atoms with Gasteiger partial charge in [-0.1, -0.05) is 13.3 Å². The predicted molar refractivity (Wildman–Crippen MR) is 110 cm³/mol. The molecule has 26 heavy (non-hydrogen) atoms. The van der Waals surface area contributed by atoms with Crippen LogP contribution in [-0.4, -0.2) is 30.5 Å². The van der Waals surface area contributed by atoms with Gasteiger partial charge in [-0.05, 0) is 63.1 Å². The molecule has 0 radical (unpaired) electrons. The molecule has 2 N–H and O–H groups in total. The Kier molecular flexibility index (Phi) is 7.45. The van der Waals surface area contributed by atoms with Crippen molar-refractivity contribution in [2.75, 3.05) is 29.9 Å². The molecule has 1 aromatic heterocycles. The number of hydrogen-bond acceptors (Lipinski definition) is 4. The standard InChI is InChI=1S/C21H30N4O/c1-5-8-13-22-21(26)20-11-9-17(15-23-20)24-19-12-10-18(14-16(19)4)25(6-2)7-3/h9-12,14-15,24H,5-8,13H2,1-4H3,(H,22,26). The van der Waals surface area contributed by atoms with E-state index in [1.807, 2.05) is 6.07 Å². The Morgan fingerprint density at radius 3 is 2.46 bits per heavy atom. The first kappa shape index (κ1) is 19.8. The second-order valence-electron chi connectivity index (χ2n) is 6.34. The smallest absolute Gasteiger partial charge is 0.269 e. The zero-order valence-corrected chi connectivity index (χ0v) is 16.3. The molecule has 0 saturated carbocycles. The fraction of sp³-hybridized carbons (Fsp3) is 0.429.